The van der Waals surface area contributed by atoms with Gasteiger partial charge in [-0.15, -0.1) is 0 Å². The van der Waals surface area contributed by atoms with E-state index in [9.17, 15) is 8.78 Å². The van der Waals surface area contributed by atoms with Crippen LogP contribution >= 0.6 is 22.6 Å². The molecule has 0 bridgehead atoms. The third-order valence-electron chi connectivity index (χ3n) is 5.00. The molecular weight excluding hydrogens is 449 g/mol. The molecular formula is C21H23F2IO2. The number of halogens is 3. The van der Waals surface area contributed by atoms with Crippen molar-refractivity contribution < 1.29 is 18.3 Å². The summed E-state index contributed by atoms with van der Waals surface area (Å²) in [5.74, 6) is -0.956. The first-order valence-corrected chi connectivity index (χ1v) is 10.2. The summed E-state index contributed by atoms with van der Waals surface area (Å²) in [5.41, 5.74) is 0.420. The van der Waals surface area contributed by atoms with Gasteiger partial charge in [-0.3, -0.25) is 0 Å². The molecule has 0 saturated carbocycles. The van der Waals surface area contributed by atoms with Gasteiger partial charge in [-0.05, 0) is 31.9 Å². The predicted octanol–water partition coefficient (Wildman–Crippen LogP) is 5.58. The van der Waals surface area contributed by atoms with Gasteiger partial charge in [0.15, 0.2) is 0 Å². The Balaban J connectivity index is 1.69. The molecule has 0 aliphatic carbocycles. The minimum Gasteiger partial charge on any atom is -0.370 e. The summed E-state index contributed by atoms with van der Waals surface area (Å²) >= 11 is 2.21. The maximum absolute atomic E-state index is 14.3. The fourth-order valence-electron chi connectivity index (χ4n) is 3.43. The van der Waals surface area contributed by atoms with E-state index in [1.807, 2.05) is 44.2 Å². The van der Waals surface area contributed by atoms with Crippen molar-refractivity contribution in [2.24, 2.45) is 5.92 Å². The molecule has 2 atom stereocenters. The molecule has 0 radical (unpaired) electrons. The molecule has 1 saturated heterocycles. The van der Waals surface area contributed by atoms with Crippen molar-refractivity contribution in [3.05, 3.63) is 71.3 Å². The molecule has 1 aliphatic heterocycles. The van der Waals surface area contributed by atoms with Gasteiger partial charge in [-0.1, -0.05) is 59.0 Å². The van der Waals surface area contributed by atoms with Gasteiger partial charge in [0, 0.05) is 22.0 Å². The third kappa shape index (κ3) is 4.10. The quantitative estimate of drug-likeness (QED) is 0.404. The van der Waals surface area contributed by atoms with E-state index >= 15 is 0 Å². The number of hydrogen-bond acceptors (Lipinski definition) is 2. The van der Waals surface area contributed by atoms with Crippen LogP contribution < -0.4 is 0 Å². The highest BCUT2D eigenvalue weighted by Crippen LogP contribution is 2.42. The monoisotopic (exact) mass is 472 g/mol. The molecule has 0 spiro atoms. The van der Waals surface area contributed by atoms with E-state index in [1.165, 1.54) is 12.1 Å². The third-order valence-corrected chi connectivity index (χ3v) is 6.23. The molecule has 2 aromatic rings. The summed E-state index contributed by atoms with van der Waals surface area (Å²) in [5, 5.41) is 0. The fraction of sp³-hybridized carbons (Fsp3) is 0.429. The van der Waals surface area contributed by atoms with Crippen molar-refractivity contribution in [3.8, 4) is 0 Å². The first kappa shape index (κ1) is 19.7. The standard InChI is InChI=1S/C21H23F2IO2/c1-20(2,16-6-4-3-5-7-16)25-12-15-11-21(14-24,26-13-15)18-9-8-17(22)10-19(18)23/h3-10,15H,11-14H2,1-2H3/t15-,21+/m1/s1. The van der Waals surface area contributed by atoms with Crippen molar-refractivity contribution in [2.45, 2.75) is 31.5 Å². The smallest absolute Gasteiger partial charge is 0.132 e. The lowest BCUT2D eigenvalue weighted by atomic mass is 9.88. The summed E-state index contributed by atoms with van der Waals surface area (Å²) in [4.78, 5) is 0. The van der Waals surface area contributed by atoms with Crippen molar-refractivity contribution in [1.82, 2.24) is 0 Å². The van der Waals surface area contributed by atoms with Crippen molar-refractivity contribution in [3.63, 3.8) is 0 Å². The van der Waals surface area contributed by atoms with Gasteiger partial charge in [0.25, 0.3) is 0 Å². The first-order chi connectivity index (χ1) is 12.4. The van der Waals surface area contributed by atoms with Crippen LogP contribution in [0, 0.1) is 17.6 Å². The zero-order chi connectivity index (χ0) is 18.8. The average molecular weight is 472 g/mol. The highest BCUT2D eigenvalue weighted by atomic mass is 127. The molecule has 0 amide bonds. The summed E-state index contributed by atoms with van der Waals surface area (Å²) in [6.07, 6.45) is 0.656. The van der Waals surface area contributed by atoms with Crippen molar-refractivity contribution >= 4 is 22.6 Å². The van der Waals surface area contributed by atoms with E-state index < -0.39 is 22.8 Å². The molecule has 26 heavy (non-hydrogen) atoms. The Labute approximate surface area is 167 Å². The van der Waals surface area contributed by atoms with Crippen LogP contribution in [0.5, 0.6) is 0 Å². The Morgan fingerprint density at radius 1 is 1.19 bits per heavy atom. The summed E-state index contributed by atoms with van der Waals surface area (Å²) in [6.45, 7) is 5.13. The Morgan fingerprint density at radius 3 is 2.58 bits per heavy atom. The van der Waals surface area contributed by atoms with Crippen LogP contribution in [0.2, 0.25) is 0 Å². The minimum atomic E-state index is -0.719. The molecule has 1 aliphatic rings. The number of hydrogen-bond donors (Lipinski definition) is 0. The second kappa shape index (κ2) is 7.90. The molecule has 0 unspecified atom stereocenters. The molecule has 0 aromatic heterocycles. The van der Waals surface area contributed by atoms with Gasteiger partial charge < -0.3 is 9.47 Å². The molecule has 3 rings (SSSR count). The van der Waals surface area contributed by atoms with Crippen LogP contribution in [0.15, 0.2) is 48.5 Å². The number of alkyl halides is 1. The number of ether oxygens (including phenoxy) is 2. The van der Waals surface area contributed by atoms with Crippen molar-refractivity contribution in [1.29, 1.82) is 0 Å². The largest absolute Gasteiger partial charge is 0.370 e. The van der Waals surface area contributed by atoms with Gasteiger partial charge in [0.1, 0.15) is 17.2 Å². The molecule has 140 valence electrons. The summed E-state index contributed by atoms with van der Waals surface area (Å²) in [7, 11) is 0. The predicted molar refractivity (Wildman–Crippen MR) is 106 cm³/mol. The summed E-state index contributed by atoms with van der Waals surface area (Å²) in [6, 6.07) is 13.8. The van der Waals surface area contributed by atoms with E-state index in [-0.39, 0.29) is 5.92 Å². The SMILES string of the molecule is CC(C)(OC[C@@H]1CO[C@@](CI)(c2ccc(F)cc2F)C1)c1ccccc1. The topological polar surface area (TPSA) is 18.5 Å². The Kier molecular flexibility index (Phi) is 5.99. The normalized spacial score (nSPS) is 23.3. The minimum absolute atomic E-state index is 0.164. The highest BCUT2D eigenvalue weighted by Gasteiger charge is 2.43. The van der Waals surface area contributed by atoms with E-state index in [0.29, 0.717) is 29.6 Å². The van der Waals surface area contributed by atoms with E-state index in [4.69, 9.17) is 9.47 Å². The second-order valence-electron chi connectivity index (χ2n) is 7.32. The Hall–Kier alpha value is -1.05. The van der Waals surface area contributed by atoms with Gasteiger partial charge in [0.2, 0.25) is 0 Å². The van der Waals surface area contributed by atoms with Crippen LogP contribution in [0.3, 0.4) is 0 Å². The molecule has 0 N–H and O–H groups in total. The Morgan fingerprint density at radius 2 is 1.92 bits per heavy atom. The average Bonchev–Trinajstić information content (AvgIpc) is 3.05. The van der Waals surface area contributed by atoms with E-state index in [0.717, 1.165) is 11.6 Å². The van der Waals surface area contributed by atoms with Gasteiger partial charge in [-0.25, -0.2) is 8.78 Å². The molecule has 2 aromatic carbocycles. The van der Waals surface area contributed by atoms with Crippen LogP contribution in [-0.4, -0.2) is 17.6 Å². The Bertz CT molecular complexity index is 751. The lowest BCUT2D eigenvalue weighted by Gasteiger charge is -2.29. The van der Waals surface area contributed by atoms with Crippen molar-refractivity contribution in [2.75, 3.05) is 17.6 Å². The van der Waals surface area contributed by atoms with Crippen LogP contribution in [0.25, 0.3) is 0 Å². The zero-order valence-corrected chi connectivity index (χ0v) is 17.1. The van der Waals surface area contributed by atoms with E-state index in [1.54, 1.807) is 0 Å². The van der Waals surface area contributed by atoms with Gasteiger partial charge in [0.05, 0.1) is 18.8 Å². The highest BCUT2D eigenvalue weighted by molar-refractivity contribution is 14.1. The molecule has 1 fully saturated rings. The molecule has 5 heteroatoms. The number of benzene rings is 2. The van der Waals surface area contributed by atoms with Crippen LogP contribution in [0.1, 0.15) is 31.4 Å². The van der Waals surface area contributed by atoms with E-state index in [2.05, 4.69) is 22.6 Å². The van der Waals surface area contributed by atoms with Crippen LogP contribution in [0.4, 0.5) is 8.78 Å². The fourth-order valence-corrected chi connectivity index (χ4v) is 4.37. The van der Waals surface area contributed by atoms with Gasteiger partial charge in [-0.2, -0.15) is 0 Å². The maximum atomic E-state index is 14.3. The molecule has 1 heterocycles. The second-order valence-corrected chi connectivity index (χ2v) is 8.08. The molecule has 2 nitrogen and oxygen atoms in total. The van der Waals surface area contributed by atoms with Crippen LogP contribution in [-0.2, 0) is 20.7 Å². The summed E-state index contributed by atoms with van der Waals surface area (Å²) < 4.78 is 40.4. The lowest BCUT2D eigenvalue weighted by molar-refractivity contribution is -0.0411. The maximum Gasteiger partial charge on any atom is 0.132 e. The first-order valence-electron chi connectivity index (χ1n) is 8.71. The number of rotatable bonds is 6. The van der Waals surface area contributed by atoms with Gasteiger partial charge >= 0.3 is 0 Å². The zero-order valence-electron chi connectivity index (χ0n) is 15.0. The lowest BCUT2D eigenvalue weighted by Crippen LogP contribution is -2.29.